The van der Waals surface area contributed by atoms with Gasteiger partial charge in [-0.25, -0.2) is 0 Å². The van der Waals surface area contributed by atoms with Crippen molar-refractivity contribution in [3.8, 4) is 0 Å². The molecule has 6 heteroatoms. The molecule has 1 aromatic carbocycles. The lowest BCUT2D eigenvalue weighted by molar-refractivity contribution is -0.128. The number of likely N-dealkylation sites (N-methyl/N-ethyl adjacent to an activating group) is 1. The van der Waals surface area contributed by atoms with Crippen LogP contribution in [-0.2, 0) is 11.2 Å². The first-order valence-electron chi connectivity index (χ1n) is 8.86. The Bertz CT molecular complexity index is 550. The average Bonchev–Trinajstić information content (AvgIpc) is 2.99. The highest BCUT2D eigenvalue weighted by atomic mass is 35.5. The lowest BCUT2D eigenvalue weighted by Gasteiger charge is -2.37. The predicted octanol–water partition coefficient (Wildman–Crippen LogP) is 3.35. The summed E-state index contributed by atoms with van der Waals surface area (Å²) in [7, 11) is 4.17. The summed E-state index contributed by atoms with van der Waals surface area (Å²) in [5, 5.41) is 6.62. The van der Waals surface area contributed by atoms with Crippen molar-refractivity contribution in [1.29, 1.82) is 0 Å². The number of anilines is 1. The molecule has 3 rings (SSSR count). The van der Waals surface area contributed by atoms with Crippen molar-refractivity contribution >= 4 is 36.4 Å². The third-order valence-electron chi connectivity index (χ3n) is 5.55. The van der Waals surface area contributed by atoms with Crippen molar-refractivity contribution in [3.63, 3.8) is 0 Å². The van der Waals surface area contributed by atoms with Gasteiger partial charge in [-0.15, -0.1) is 24.8 Å². The van der Waals surface area contributed by atoms with E-state index in [1.807, 2.05) is 12.1 Å². The SMILES string of the molecule is CN(C)CCc1ccc(NC(=O)[C@@]23CCCC[C@H]2CNC3)cc1.Cl.Cl. The first-order valence-corrected chi connectivity index (χ1v) is 8.86. The molecule has 4 nitrogen and oxygen atoms in total. The lowest BCUT2D eigenvalue weighted by atomic mass is 9.67. The van der Waals surface area contributed by atoms with Crippen molar-refractivity contribution in [3.05, 3.63) is 29.8 Å². The van der Waals surface area contributed by atoms with Crippen molar-refractivity contribution < 1.29 is 4.79 Å². The molecule has 0 radical (unpaired) electrons. The van der Waals surface area contributed by atoms with Gasteiger partial charge in [0.25, 0.3) is 0 Å². The second kappa shape index (κ2) is 9.77. The number of halogens is 2. The van der Waals surface area contributed by atoms with Gasteiger partial charge in [-0.05, 0) is 63.5 Å². The van der Waals surface area contributed by atoms with Crippen LogP contribution < -0.4 is 10.6 Å². The van der Waals surface area contributed by atoms with E-state index in [0.717, 1.165) is 38.2 Å². The Hall–Kier alpha value is -0.810. The maximum absolute atomic E-state index is 12.9. The summed E-state index contributed by atoms with van der Waals surface area (Å²) in [6.07, 6.45) is 5.69. The molecule has 142 valence electrons. The smallest absolute Gasteiger partial charge is 0.232 e. The molecular formula is C19H31Cl2N3O. The molecule has 2 fully saturated rings. The number of hydrogen-bond donors (Lipinski definition) is 2. The normalized spacial score (nSPS) is 24.8. The number of nitrogens with one attached hydrogen (secondary N) is 2. The summed E-state index contributed by atoms with van der Waals surface area (Å²) in [5.41, 5.74) is 2.06. The van der Waals surface area contributed by atoms with Gasteiger partial charge in [0.1, 0.15) is 0 Å². The summed E-state index contributed by atoms with van der Waals surface area (Å²) in [5.74, 6) is 0.726. The first kappa shape index (κ1) is 22.2. The highest BCUT2D eigenvalue weighted by molar-refractivity contribution is 5.96. The minimum absolute atomic E-state index is 0. The molecule has 1 aromatic rings. The third-order valence-corrected chi connectivity index (χ3v) is 5.55. The number of carbonyl (C=O) groups is 1. The number of rotatable bonds is 5. The van der Waals surface area contributed by atoms with Gasteiger partial charge in [-0.3, -0.25) is 4.79 Å². The van der Waals surface area contributed by atoms with Crippen LogP contribution >= 0.6 is 24.8 Å². The van der Waals surface area contributed by atoms with Gasteiger partial charge < -0.3 is 15.5 Å². The van der Waals surface area contributed by atoms with Crippen LogP contribution in [0.1, 0.15) is 31.2 Å². The fourth-order valence-electron chi connectivity index (χ4n) is 4.05. The number of carbonyl (C=O) groups excluding carboxylic acids is 1. The van der Waals surface area contributed by atoms with Gasteiger partial charge in [-0.1, -0.05) is 25.0 Å². The summed E-state index contributed by atoms with van der Waals surface area (Å²) in [6, 6.07) is 8.34. The minimum atomic E-state index is -0.179. The third kappa shape index (κ3) is 5.10. The van der Waals surface area contributed by atoms with E-state index in [-0.39, 0.29) is 36.1 Å². The molecule has 0 bridgehead atoms. The molecule has 25 heavy (non-hydrogen) atoms. The van der Waals surface area contributed by atoms with Crippen LogP contribution in [0.5, 0.6) is 0 Å². The quantitative estimate of drug-likeness (QED) is 0.813. The monoisotopic (exact) mass is 387 g/mol. The van der Waals surface area contributed by atoms with Gasteiger partial charge in [-0.2, -0.15) is 0 Å². The summed E-state index contributed by atoms with van der Waals surface area (Å²) in [6.45, 7) is 2.88. The molecule has 0 aromatic heterocycles. The largest absolute Gasteiger partial charge is 0.326 e. The number of benzene rings is 1. The molecule has 1 amide bonds. The molecular weight excluding hydrogens is 357 g/mol. The Morgan fingerprint density at radius 2 is 1.96 bits per heavy atom. The van der Waals surface area contributed by atoms with Gasteiger partial charge in [0.15, 0.2) is 0 Å². The molecule has 0 spiro atoms. The fraction of sp³-hybridized carbons (Fsp3) is 0.632. The molecule has 2 N–H and O–H groups in total. The standard InChI is InChI=1S/C19H29N3O.2ClH/c1-22(2)12-10-15-6-8-17(9-7-15)21-18(23)19-11-4-3-5-16(19)13-20-14-19;;/h6-9,16,20H,3-5,10-14H2,1-2H3,(H,21,23);2*1H/t16-,19+;;/m0../s1. The second-order valence-electron chi connectivity index (χ2n) is 7.43. The maximum Gasteiger partial charge on any atom is 0.232 e. The van der Waals surface area contributed by atoms with E-state index in [9.17, 15) is 4.79 Å². The van der Waals surface area contributed by atoms with Crippen LogP contribution in [0.2, 0.25) is 0 Å². The summed E-state index contributed by atoms with van der Waals surface area (Å²) >= 11 is 0. The summed E-state index contributed by atoms with van der Waals surface area (Å²) in [4.78, 5) is 15.1. The Labute approximate surface area is 163 Å². The van der Waals surface area contributed by atoms with Gasteiger partial charge in [0.2, 0.25) is 5.91 Å². The molecule has 1 heterocycles. The zero-order chi connectivity index (χ0) is 16.3. The van der Waals surface area contributed by atoms with E-state index < -0.39 is 0 Å². The van der Waals surface area contributed by atoms with E-state index in [1.54, 1.807) is 0 Å². The van der Waals surface area contributed by atoms with Crippen LogP contribution in [0.3, 0.4) is 0 Å². The van der Waals surface area contributed by atoms with Crippen molar-refractivity contribution in [2.24, 2.45) is 11.3 Å². The Morgan fingerprint density at radius 3 is 2.64 bits per heavy atom. The second-order valence-corrected chi connectivity index (χ2v) is 7.43. The number of amides is 1. The zero-order valence-corrected chi connectivity index (χ0v) is 16.8. The molecule has 1 saturated heterocycles. The van der Waals surface area contributed by atoms with Crippen LogP contribution in [0.25, 0.3) is 0 Å². The average molecular weight is 388 g/mol. The first-order chi connectivity index (χ1) is 11.1. The van der Waals surface area contributed by atoms with Crippen LogP contribution in [-0.4, -0.2) is 44.5 Å². The highest BCUT2D eigenvalue weighted by Gasteiger charge is 2.49. The van der Waals surface area contributed by atoms with Gasteiger partial charge in [0, 0.05) is 18.8 Å². The maximum atomic E-state index is 12.9. The molecule has 1 saturated carbocycles. The van der Waals surface area contributed by atoms with Crippen molar-refractivity contribution in [1.82, 2.24) is 10.2 Å². The van der Waals surface area contributed by atoms with E-state index in [4.69, 9.17) is 0 Å². The highest BCUT2D eigenvalue weighted by Crippen LogP contribution is 2.44. The zero-order valence-electron chi connectivity index (χ0n) is 15.2. The van der Waals surface area contributed by atoms with Crippen LogP contribution in [0, 0.1) is 11.3 Å². The Kier molecular flexibility index (Phi) is 8.69. The predicted molar refractivity (Wildman–Crippen MR) is 109 cm³/mol. The van der Waals surface area contributed by atoms with E-state index in [2.05, 4.69) is 41.8 Å². The van der Waals surface area contributed by atoms with E-state index >= 15 is 0 Å². The molecule has 1 aliphatic carbocycles. The molecule has 0 unspecified atom stereocenters. The van der Waals surface area contributed by atoms with Gasteiger partial charge in [0.05, 0.1) is 5.41 Å². The van der Waals surface area contributed by atoms with Crippen LogP contribution in [0.4, 0.5) is 5.69 Å². The molecule has 1 aliphatic heterocycles. The topological polar surface area (TPSA) is 44.4 Å². The lowest BCUT2D eigenvalue weighted by Crippen LogP contribution is -2.44. The van der Waals surface area contributed by atoms with Gasteiger partial charge >= 0.3 is 0 Å². The van der Waals surface area contributed by atoms with E-state index in [0.29, 0.717) is 5.92 Å². The number of hydrogen-bond acceptors (Lipinski definition) is 3. The molecule has 2 aliphatic rings. The van der Waals surface area contributed by atoms with Crippen molar-refractivity contribution in [2.75, 3.05) is 39.0 Å². The summed E-state index contributed by atoms with van der Waals surface area (Å²) < 4.78 is 0. The van der Waals surface area contributed by atoms with E-state index in [1.165, 1.54) is 24.8 Å². The van der Waals surface area contributed by atoms with Crippen LogP contribution in [0.15, 0.2) is 24.3 Å². The molecule has 2 atom stereocenters. The Morgan fingerprint density at radius 1 is 1.24 bits per heavy atom. The number of fused-ring (bicyclic) bond motifs is 1. The minimum Gasteiger partial charge on any atom is -0.326 e. The van der Waals surface area contributed by atoms with Crippen molar-refractivity contribution in [2.45, 2.75) is 32.1 Å². The Balaban J connectivity index is 0.00000156. The number of nitrogens with zero attached hydrogens (tertiary/aromatic N) is 1. The fourth-order valence-corrected chi connectivity index (χ4v) is 4.05.